The second-order valence-electron chi connectivity index (χ2n) is 6.44. The van der Waals surface area contributed by atoms with E-state index in [0.717, 1.165) is 36.4 Å². The topological polar surface area (TPSA) is 64.7 Å². The predicted molar refractivity (Wildman–Crippen MR) is 118 cm³/mol. The first-order valence-corrected chi connectivity index (χ1v) is 10.5. The van der Waals surface area contributed by atoms with E-state index in [1.54, 1.807) is 0 Å². The van der Waals surface area contributed by atoms with Gasteiger partial charge in [0.1, 0.15) is 0 Å². The Labute approximate surface area is 180 Å². The van der Waals surface area contributed by atoms with E-state index in [9.17, 15) is 4.79 Å². The Morgan fingerprint density at radius 3 is 2.63 bits per heavy atom. The van der Waals surface area contributed by atoms with Gasteiger partial charge in [0.15, 0.2) is 0 Å². The van der Waals surface area contributed by atoms with Crippen molar-refractivity contribution in [2.75, 3.05) is 5.32 Å². The van der Waals surface area contributed by atoms with Crippen LogP contribution in [0.3, 0.4) is 0 Å². The number of hydrogen-bond donors (Lipinski definition) is 1. The number of halogens is 2. The first-order chi connectivity index (χ1) is 12.8. The van der Waals surface area contributed by atoms with Gasteiger partial charge in [-0.3, -0.25) is 14.2 Å². The molecule has 0 unspecified atom stereocenters. The van der Waals surface area contributed by atoms with Gasteiger partial charge in [0, 0.05) is 17.8 Å². The summed E-state index contributed by atoms with van der Waals surface area (Å²) in [4.78, 5) is 12.3. The van der Waals surface area contributed by atoms with Crippen molar-refractivity contribution in [2.45, 2.75) is 40.3 Å². The van der Waals surface area contributed by atoms with E-state index >= 15 is 0 Å². The number of aromatic nitrogens is 4. The molecule has 1 N–H and O–H groups in total. The molecular weight excluding hydrogens is 521 g/mol. The molecule has 1 amide bonds. The fourth-order valence-corrected chi connectivity index (χ4v) is 3.52. The number of carbonyl (C=O) groups is 1. The molecule has 2 heterocycles. The van der Waals surface area contributed by atoms with Crippen LogP contribution in [0.25, 0.3) is 0 Å². The lowest BCUT2D eigenvalue weighted by Crippen LogP contribution is -2.16. The number of aryl methyl sites for hydroxylation is 2. The van der Waals surface area contributed by atoms with E-state index in [4.69, 9.17) is 0 Å². The maximum absolute atomic E-state index is 12.3. The fraction of sp³-hybridized carbons (Fsp3) is 0.316. The number of nitrogens with one attached hydrogen (secondary N) is 1. The van der Waals surface area contributed by atoms with Gasteiger partial charge in [-0.15, -0.1) is 0 Å². The Bertz CT molecular complexity index is 979. The van der Waals surface area contributed by atoms with Crippen molar-refractivity contribution in [1.82, 2.24) is 19.6 Å². The summed E-state index contributed by atoms with van der Waals surface area (Å²) in [6, 6.07) is 7.88. The van der Waals surface area contributed by atoms with Crippen molar-refractivity contribution in [3.05, 3.63) is 61.2 Å². The molecule has 1 aromatic carbocycles. The minimum absolute atomic E-state index is 0.0223. The normalized spacial score (nSPS) is 11.0. The third kappa shape index (κ3) is 4.78. The van der Waals surface area contributed by atoms with E-state index in [1.807, 2.05) is 60.6 Å². The number of nitrogens with zero attached hydrogens (tertiary/aromatic N) is 4. The lowest BCUT2D eigenvalue weighted by Gasteiger charge is -2.09. The molecule has 3 aromatic rings. The summed E-state index contributed by atoms with van der Waals surface area (Å²) in [5.74, 6) is -0.0223. The van der Waals surface area contributed by atoms with Gasteiger partial charge in [-0.05, 0) is 77.0 Å². The molecule has 0 aliphatic rings. The van der Waals surface area contributed by atoms with Crippen LogP contribution in [0.4, 0.5) is 5.69 Å². The SMILES string of the molecule is Cc1nn(Cc2cccc(NC(=O)CCn3ncc(I)c3C)c2)c(C)c1Br. The van der Waals surface area contributed by atoms with Gasteiger partial charge < -0.3 is 5.32 Å². The third-order valence-corrected chi connectivity index (χ3v) is 6.64. The zero-order valence-corrected chi connectivity index (χ0v) is 19.2. The van der Waals surface area contributed by atoms with Gasteiger partial charge in [0.2, 0.25) is 5.91 Å². The highest BCUT2D eigenvalue weighted by molar-refractivity contribution is 14.1. The highest BCUT2D eigenvalue weighted by Gasteiger charge is 2.10. The Hall–Kier alpha value is -1.68. The number of benzene rings is 1. The molecule has 8 heteroatoms. The largest absolute Gasteiger partial charge is 0.326 e. The molecule has 0 aliphatic heterocycles. The molecule has 6 nitrogen and oxygen atoms in total. The molecule has 3 rings (SSSR count). The second kappa shape index (κ2) is 8.55. The van der Waals surface area contributed by atoms with E-state index in [1.165, 1.54) is 0 Å². The molecule has 0 radical (unpaired) electrons. The highest BCUT2D eigenvalue weighted by atomic mass is 127. The summed E-state index contributed by atoms with van der Waals surface area (Å²) in [7, 11) is 0. The van der Waals surface area contributed by atoms with Gasteiger partial charge in [-0.1, -0.05) is 12.1 Å². The highest BCUT2D eigenvalue weighted by Crippen LogP contribution is 2.21. The second-order valence-corrected chi connectivity index (χ2v) is 8.40. The van der Waals surface area contributed by atoms with Crippen LogP contribution >= 0.6 is 38.5 Å². The quantitative estimate of drug-likeness (QED) is 0.469. The third-order valence-electron chi connectivity index (χ3n) is 4.43. The fourth-order valence-electron chi connectivity index (χ4n) is 2.83. The maximum Gasteiger partial charge on any atom is 0.226 e. The molecule has 0 bridgehead atoms. The number of carbonyl (C=O) groups excluding carboxylic acids is 1. The predicted octanol–water partition coefficient (Wildman–Crippen LogP) is 4.45. The van der Waals surface area contributed by atoms with Crippen LogP contribution in [0.1, 0.15) is 29.1 Å². The van der Waals surface area contributed by atoms with E-state index in [0.29, 0.717) is 19.5 Å². The van der Waals surface area contributed by atoms with Crippen molar-refractivity contribution in [2.24, 2.45) is 0 Å². The Kier molecular flexibility index (Phi) is 6.36. The monoisotopic (exact) mass is 541 g/mol. The van der Waals surface area contributed by atoms with Crippen molar-refractivity contribution in [3.8, 4) is 0 Å². The van der Waals surface area contributed by atoms with Gasteiger partial charge in [-0.2, -0.15) is 10.2 Å². The summed E-state index contributed by atoms with van der Waals surface area (Å²) in [6.45, 7) is 7.25. The molecule has 142 valence electrons. The maximum atomic E-state index is 12.3. The lowest BCUT2D eigenvalue weighted by atomic mass is 10.2. The van der Waals surface area contributed by atoms with Crippen LogP contribution in [0.2, 0.25) is 0 Å². The van der Waals surface area contributed by atoms with Crippen molar-refractivity contribution in [3.63, 3.8) is 0 Å². The molecule has 0 fully saturated rings. The van der Waals surface area contributed by atoms with Crippen LogP contribution in [-0.4, -0.2) is 25.5 Å². The zero-order valence-electron chi connectivity index (χ0n) is 15.5. The smallest absolute Gasteiger partial charge is 0.226 e. The zero-order chi connectivity index (χ0) is 19.6. The summed E-state index contributed by atoms with van der Waals surface area (Å²) >= 11 is 5.80. The lowest BCUT2D eigenvalue weighted by molar-refractivity contribution is -0.116. The van der Waals surface area contributed by atoms with Gasteiger partial charge in [0.25, 0.3) is 0 Å². The number of hydrogen-bond acceptors (Lipinski definition) is 3. The average molecular weight is 542 g/mol. The van der Waals surface area contributed by atoms with Crippen LogP contribution < -0.4 is 5.32 Å². The summed E-state index contributed by atoms with van der Waals surface area (Å²) < 4.78 is 5.97. The van der Waals surface area contributed by atoms with Crippen LogP contribution in [0.15, 0.2) is 34.9 Å². The molecule has 27 heavy (non-hydrogen) atoms. The van der Waals surface area contributed by atoms with Gasteiger partial charge in [0.05, 0.1) is 38.7 Å². The molecule has 0 atom stereocenters. The number of amides is 1. The molecule has 2 aromatic heterocycles. The summed E-state index contributed by atoms with van der Waals surface area (Å²) in [6.07, 6.45) is 2.20. The molecule has 0 spiro atoms. The van der Waals surface area contributed by atoms with E-state index in [-0.39, 0.29) is 5.91 Å². The Balaban J connectivity index is 1.62. The van der Waals surface area contributed by atoms with E-state index < -0.39 is 0 Å². The van der Waals surface area contributed by atoms with Crippen LogP contribution in [0.5, 0.6) is 0 Å². The Morgan fingerprint density at radius 1 is 1.22 bits per heavy atom. The number of rotatable bonds is 6. The van der Waals surface area contributed by atoms with Crippen molar-refractivity contribution in [1.29, 1.82) is 0 Å². The number of anilines is 1. The molecular formula is C19H21BrIN5O. The molecule has 0 saturated carbocycles. The van der Waals surface area contributed by atoms with Crippen LogP contribution in [-0.2, 0) is 17.9 Å². The first-order valence-electron chi connectivity index (χ1n) is 8.61. The summed E-state index contributed by atoms with van der Waals surface area (Å²) in [5, 5.41) is 11.8. The average Bonchev–Trinajstić information content (AvgIpc) is 3.08. The Morgan fingerprint density at radius 2 is 2.00 bits per heavy atom. The minimum Gasteiger partial charge on any atom is -0.326 e. The van der Waals surface area contributed by atoms with Crippen LogP contribution in [0, 0.1) is 24.3 Å². The molecule has 0 aliphatic carbocycles. The molecule has 0 saturated heterocycles. The summed E-state index contributed by atoms with van der Waals surface area (Å²) in [5.41, 5.74) is 5.03. The standard InChI is InChI=1S/C19H21BrIN5O/c1-12-19(20)14(3)26(24-12)11-15-5-4-6-16(9-15)23-18(27)7-8-25-13(2)17(21)10-22-25/h4-6,9-10H,7-8,11H2,1-3H3,(H,23,27). The first kappa shape index (κ1) is 20.1. The van der Waals surface area contributed by atoms with E-state index in [2.05, 4.69) is 54.0 Å². The van der Waals surface area contributed by atoms with Gasteiger partial charge in [-0.25, -0.2) is 0 Å². The van der Waals surface area contributed by atoms with Crippen molar-refractivity contribution < 1.29 is 4.79 Å². The van der Waals surface area contributed by atoms with Gasteiger partial charge >= 0.3 is 0 Å². The van der Waals surface area contributed by atoms with Crippen molar-refractivity contribution >= 4 is 50.1 Å². The minimum atomic E-state index is -0.0223.